The van der Waals surface area contributed by atoms with E-state index in [1.54, 1.807) is 0 Å². The van der Waals surface area contributed by atoms with Crippen LogP contribution in [0.3, 0.4) is 0 Å². The molecular formula is C20H27F7O9S. The molecule has 0 radical (unpaired) electrons. The van der Waals surface area contributed by atoms with Crippen LogP contribution in [0, 0.1) is 23.2 Å². The zero-order valence-corrected chi connectivity index (χ0v) is 20.2. The molecule has 0 spiro atoms. The average molecular weight is 576 g/mol. The van der Waals surface area contributed by atoms with E-state index in [1.165, 1.54) is 0 Å². The molecule has 37 heavy (non-hydrogen) atoms. The van der Waals surface area contributed by atoms with Crippen molar-refractivity contribution in [1.82, 2.24) is 0 Å². The van der Waals surface area contributed by atoms with E-state index < -0.39 is 88.5 Å². The molecule has 4 rings (SSSR count). The van der Waals surface area contributed by atoms with E-state index in [-0.39, 0.29) is 25.2 Å². The minimum absolute atomic E-state index is 0.0304. The first-order chi connectivity index (χ1) is 16.7. The Morgan fingerprint density at radius 1 is 1.05 bits per heavy atom. The summed E-state index contributed by atoms with van der Waals surface area (Å²) in [6, 6.07) is 0. The van der Waals surface area contributed by atoms with Crippen LogP contribution in [-0.2, 0) is 29.1 Å². The lowest BCUT2D eigenvalue weighted by Crippen LogP contribution is -2.64. The van der Waals surface area contributed by atoms with Gasteiger partial charge in [0.05, 0.1) is 18.1 Å². The van der Waals surface area contributed by atoms with Gasteiger partial charge in [-0.25, -0.2) is 0 Å². The highest BCUT2D eigenvalue weighted by Crippen LogP contribution is 2.61. The van der Waals surface area contributed by atoms with Gasteiger partial charge in [-0.05, 0) is 56.8 Å². The van der Waals surface area contributed by atoms with E-state index in [0.29, 0.717) is 12.8 Å². The third-order valence-corrected chi connectivity index (χ3v) is 8.37. The monoisotopic (exact) mass is 576 g/mol. The molecule has 3 N–H and O–H groups in total. The van der Waals surface area contributed by atoms with Gasteiger partial charge in [-0.1, -0.05) is 0 Å². The van der Waals surface area contributed by atoms with E-state index >= 15 is 0 Å². The number of hydrogen-bond acceptors (Lipinski definition) is 8. The van der Waals surface area contributed by atoms with Gasteiger partial charge in [0, 0.05) is 13.0 Å². The number of esters is 1. The average Bonchev–Trinajstić information content (AvgIpc) is 2.74. The van der Waals surface area contributed by atoms with Crippen LogP contribution in [0.5, 0.6) is 0 Å². The van der Waals surface area contributed by atoms with Crippen LogP contribution in [0.25, 0.3) is 0 Å². The summed E-state index contributed by atoms with van der Waals surface area (Å²) in [5, 5.41) is 14.4. The number of rotatable bonds is 11. The zero-order valence-electron chi connectivity index (χ0n) is 19.4. The number of halogens is 7. The lowest BCUT2D eigenvalue weighted by molar-refractivity contribution is -0.431. The first kappa shape index (κ1) is 30.3. The van der Waals surface area contributed by atoms with Crippen LogP contribution in [0.15, 0.2) is 0 Å². The Balaban J connectivity index is 1.89. The van der Waals surface area contributed by atoms with Crippen molar-refractivity contribution < 1.29 is 72.9 Å². The second kappa shape index (κ2) is 9.73. The first-order valence-electron chi connectivity index (χ1n) is 11.4. The molecule has 17 heteroatoms. The summed E-state index contributed by atoms with van der Waals surface area (Å²) in [7, 11) is -6.67. The first-order valence-corrected chi connectivity index (χ1v) is 12.8. The standard InChI is InChI=1S/C20H27F7O9S/c1-2-34-15(30)18(19(23,24)25,35-4-3-17(21,22)20(26,27)37(31,32)33)36-14(29)16-7-10-5-11(8-16)13(28)12(6-10)9-16/h10-13,15,28,30H,2-9H2,1H3,(H,31,32,33). The summed E-state index contributed by atoms with van der Waals surface area (Å²) in [5.41, 5.74) is -1.50. The quantitative estimate of drug-likeness (QED) is 0.147. The zero-order chi connectivity index (χ0) is 28.2. The van der Waals surface area contributed by atoms with Gasteiger partial charge < -0.3 is 24.4 Å². The minimum atomic E-state index is -6.67. The topological polar surface area (TPSA) is 140 Å². The molecule has 4 fully saturated rings. The van der Waals surface area contributed by atoms with Crippen LogP contribution in [0.1, 0.15) is 45.4 Å². The molecule has 4 saturated carbocycles. The maximum Gasteiger partial charge on any atom is 0.461 e. The van der Waals surface area contributed by atoms with E-state index in [4.69, 9.17) is 4.55 Å². The van der Waals surface area contributed by atoms with Crippen molar-refractivity contribution in [2.75, 3.05) is 13.2 Å². The largest absolute Gasteiger partial charge is 0.461 e. The molecule has 0 aliphatic heterocycles. The van der Waals surface area contributed by atoms with Crippen molar-refractivity contribution in [2.24, 2.45) is 23.2 Å². The van der Waals surface area contributed by atoms with Crippen molar-refractivity contribution >= 4 is 16.1 Å². The maximum absolute atomic E-state index is 14.2. The Kier molecular flexibility index (Phi) is 7.96. The summed E-state index contributed by atoms with van der Waals surface area (Å²) in [5.74, 6) is -12.4. The van der Waals surface area contributed by atoms with Gasteiger partial charge in [0.2, 0.25) is 6.29 Å². The fourth-order valence-corrected chi connectivity index (χ4v) is 6.34. The molecular weight excluding hydrogens is 549 g/mol. The van der Waals surface area contributed by atoms with Gasteiger partial charge in [0.1, 0.15) is 0 Å². The summed E-state index contributed by atoms with van der Waals surface area (Å²) >= 11 is 0. The number of hydrogen-bond donors (Lipinski definition) is 3. The van der Waals surface area contributed by atoms with Gasteiger partial charge in [-0.2, -0.15) is 39.2 Å². The molecule has 4 aliphatic carbocycles. The molecule has 0 aromatic rings. The van der Waals surface area contributed by atoms with E-state index in [1.807, 2.05) is 0 Å². The number of aliphatic hydroxyl groups is 2. The predicted molar refractivity (Wildman–Crippen MR) is 107 cm³/mol. The van der Waals surface area contributed by atoms with Crippen LogP contribution in [0.2, 0.25) is 0 Å². The van der Waals surface area contributed by atoms with Crippen LogP contribution >= 0.6 is 0 Å². The number of carbonyl (C=O) groups is 1. The van der Waals surface area contributed by atoms with Gasteiger partial charge in [0.25, 0.3) is 0 Å². The van der Waals surface area contributed by atoms with Crippen molar-refractivity contribution in [3.8, 4) is 0 Å². The Hall–Kier alpha value is -1.27. The fourth-order valence-electron chi connectivity index (χ4n) is 5.86. The molecule has 0 amide bonds. The summed E-state index contributed by atoms with van der Waals surface area (Å²) in [4.78, 5) is 13.2. The molecule has 4 bridgehead atoms. The molecule has 4 aliphatic rings. The molecule has 4 atom stereocenters. The normalized spacial score (nSPS) is 32.7. The Morgan fingerprint density at radius 3 is 2.05 bits per heavy atom. The Labute approximate surface area is 207 Å². The maximum atomic E-state index is 14.2. The third kappa shape index (κ3) is 5.18. The highest BCUT2D eigenvalue weighted by Gasteiger charge is 2.70. The highest BCUT2D eigenvalue weighted by molar-refractivity contribution is 7.87. The minimum Gasteiger partial charge on any atom is -0.418 e. The second-order valence-electron chi connectivity index (χ2n) is 9.90. The predicted octanol–water partition coefficient (Wildman–Crippen LogP) is 2.85. The summed E-state index contributed by atoms with van der Waals surface area (Å²) in [6.45, 7) is -1.48. The number of ether oxygens (including phenoxy) is 3. The van der Waals surface area contributed by atoms with Gasteiger partial charge in [-0.15, -0.1) is 0 Å². The third-order valence-electron chi connectivity index (χ3n) is 7.43. The highest BCUT2D eigenvalue weighted by atomic mass is 32.2. The number of carbonyl (C=O) groups excluding carboxylic acids is 1. The van der Waals surface area contributed by atoms with Crippen LogP contribution in [0.4, 0.5) is 30.7 Å². The van der Waals surface area contributed by atoms with Gasteiger partial charge >= 0.3 is 39.2 Å². The molecule has 4 unspecified atom stereocenters. The van der Waals surface area contributed by atoms with Crippen molar-refractivity contribution in [3.63, 3.8) is 0 Å². The lowest BCUT2D eigenvalue weighted by atomic mass is 9.48. The molecule has 0 saturated heterocycles. The van der Waals surface area contributed by atoms with Crippen molar-refractivity contribution in [2.45, 2.75) is 81.0 Å². The Bertz CT molecular complexity index is 958. The summed E-state index contributed by atoms with van der Waals surface area (Å²) < 4.78 is 140. The van der Waals surface area contributed by atoms with Gasteiger partial charge in [-0.3, -0.25) is 9.35 Å². The number of aliphatic hydroxyl groups excluding tert-OH is 2. The molecule has 0 aromatic heterocycles. The van der Waals surface area contributed by atoms with E-state index in [9.17, 15) is 54.2 Å². The molecule has 216 valence electrons. The second-order valence-corrected chi connectivity index (χ2v) is 11.4. The number of alkyl halides is 7. The summed E-state index contributed by atoms with van der Waals surface area (Å²) in [6.07, 6.45) is -11.0. The van der Waals surface area contributed by atoms with Crippen LogP contribution in [-0.4, -0.2) is 77.9 Å². The van der Waals surface area contributed by atoms with Gasteiger partial charge in [0.15, 0.2) is 0 Å². The van der Waals surface area contributed by atoms with Crippen molar-refractivity contribution in [3.05, 3.63) is 0 Å². The SMILES string of the molecule is CCOC(O)C(OCCC(F)(F)C(F)(F)S(=O)(=O)O)(OC(=O)C12CC3CC(C1)C(O)C(C3)C2)C(F)(F)F. The fraction of sp³-hybridized carbons (Fsp3) is 0.950. The van der Waals surface area contributed by atoms with Crippen LogP contribution < -0.4 is 0 Å². The smallest absolute Gasteiger partial charge is 0.418 e. The molecule has 0 aromatic carbocycles. The lowest BCUT2D eigenvalue weighted by Gasteiger charge is -2.57. The molecule has 9 nitrogen and oxygen atoms in total. The Morgan fingerprint density at radius 2 is 1.59 bits per heavy atom. The molecule has 0 heterocycles. The van der Waals surface area contributed by atoms with E-state index in [0.717, 1.165) is 6.92 Å². The van der Waals surface area contributed by atoms with Crippen molar-refractivity contribution in [1.29, 1.82) is 0 Å². The van der Waals surface area contributed by atoms with E-state index in [2.05, 4.69) is 14.2 Å².